The molecule has 0 spiro atoms. The molecular formula is C19H21ClN2O. The van der Waals surface area contributed by atoms with Crippen molar-refractivity contribution in [2.75, 3.05) is 12.4 Å². The molecule has 3 aromatic rings. The predicted molar refractivity (Wildman–Crippen MR) is 99.5 cm³/mol. The molecule has 0 fully saturated rings. The SMILES string of the molecule is COc1cccc(Nc2cc(C)c3cc(C)cc(C)c3n2)c1.Cl. The molecule has 0 amide bonds. The monoisotopic (exact) mass is 328 g/mol. The lowest BCUT2D eigenvalue weighted by Gasteiger charge is -2.12. The van der Waals surface area contributed by atoms with Gasteiger partial charge in [-0.2, -0.15) is 0 Å². The van der Waals surface area contributed by atoms with Crippen molar-refractivity contribution in [2.24, 2.45) is 0 Å². The normalized spacial score (nSPS) is 10.3. The lowest BCUT2D eigenvalue weighted by atomic mass is 10.0. The fourth-order valence-corrected chi connectivity index (χ4v) is 2.76. The van der Waals surface area contributed by atoms with Crippen molar-refractivity contribution < 1.29 is 4.74 Å². The van der Waals surface area contributed by atoms with E-state index in [0.717, 1.165) is 22.8 Å². The second-order valence-corrected chi connectivity index (χ2v) is 5.66. The number of anilines is 2. The molecule has 1 heterocycles. The standard InChI is InChI=1S/C19H20N2O.ClH/c1-12-8-14(3)19-17(9-12)13(2)10-18(21-19)20-15-6-5-7-16(11-15)22-4;/h5-11H,1-4H3,(H,20,21);1H. The first-order valence-electron chi connectivity index (χ1n) is 7.36. The molecule has 0 atom stereocenters. The Morgan fingerprint density at radius 2 is 1.74 bits per heavy atom. The molecule has 0 unspecified atom stereocenters. The van der Waals surface area contributed by atoms with Crippen molar-refractivity contribution in [3.63, 3.8) is 0 Å². The fourth-order valence-electron chi connectivity index (χ4n) is 2.76. The molecule has 0 saturated carbocycles. The Morgan fingerprint density at radius 3 is 2.48 bits per heavy atom. The van der Waals surface area contributed by atoms with Crippen LogP contribution < -0.4 is 10.1 Å². The van der Waals surface area contributed by atoms with Crippen LogP contribution in [-0.4, -0.2) is 12.1 Å². The van der Waals surface area contributed by atoms with Crippen molar-refractivity contribution in [3.8, 4) is 5.75 Å². The zero-order chi connectivity index (χ0) is 15.7. The summed E-state index contributed by atoms with van der Waals surface area (Å²) in [6, 6.07) is 14.3. The van der Waals surface area contributed by atoms with Crippen molar-refractivity contribution in [1.29, 1.82) is 0 Å². The van der Waals surface area contributed by atoms with Crippen molar-refractivity contribution in [1.82, 2.24) is 4.98 Å². The highest BCUT2D eigenvalue weighted by Gasteiger charge is 2.07. The molecule has 0 saturated heterocycles. The van der Waals surface area contributed by atoms with E-state index < -0.39 is 0 Å². The number of halogens is 1. The van der Waals surface area contributed by atoms with Crippen LogP contribution in [0, 0.1) is 20.8 Å². The van der Waals surface area contributed by atoms with E-state index in [-0.39, 0.29) is 12.4 Å². The van der Waals surface area contributed by atoms with Crippen LogP contribution in [0.2, 0.25) is 0 Å². The molecule has 2 aromatic carbocycles. The average Bonchev–Trinajstić information content (AvgIpc) is 2.49. The third-order valence-electron chi connectivity index (χ3n) is 3.80. The van der Waals surface area contributed by atoms with Gasteiger partial charge in [0.2, 0.25) is 0 Å². The number of methoxy groups -OCH3 is 1. The molecule has 0 aliphatic heterocycles. The highest BCUT2D eigenvalue weighted by molar-refractivity contribution is 5.87. The topological polar surface area (TPSA) is 34.1 Å². The summed E-state index contributed by atoms with van der Waals surface area (Å²) in [5, 5.41) is 4.58. The molecular weight excluding hydrogens is 308 g/mol. The number of aryl methyl sites for hydroxylation is 3. The van der Waals surface area contributed by atoms with Gasteiger partial charge in [0.05, 0.1) is 12.6 Å². The molecule has 0 aliphatic carbocycles. The van der Waals surface area contributed by atoms with Crippen molar-refractivity contribution in [3.05, 3.63) is 59.2 Å². The first-order chi connectivity index (χ1) is 10.6. The summed E-state index contributed by atoms with van der Waals surface area (Å²) in [6.07, 6.45) is 0. The van der Waals surface area contributed by atoms with E-state index in [0.29, 0.717) is 0 Å². The van der Waals surface area contributed by atoms with Gasteiger partial charge >= 0.3 is 0 Å². The molecule has 120 valence electrons. The van der Waals surface area contributed by atoms with Crippen LogP contribution in [0.15, 0.2) is 42.5 Å². The van der Waals surface area contributed by atoms with Crippen LogP contribution in [0.3, 0.4) is 0 Å². The lowest BCUT2D eigenvalue weighted by molar-refractivity contribution is 0.415. The first-order valence-corrected chi connectivity index (χ1v) is 7.36. The van der Waals surface area contributed by atoms with Gasteiger partial charge in [-0.1, -0.05) is 17.7 Å². The molecule has 3 nitrogen and oxygen atoms in total. The predicted octanol–water partition coefficient (Wildman–Crippen LogP) is 5.33. The highest BCUT2D eigenvalue weighted by atomic mass is 35.5. The summed E-state index contributed by atoms with van der Waals surface area (Å²) < 4.78 is 5.26. The zero-order valence-electron chi connectivity index (χ0n) is 13.8. The summed E-state index contributed by atoms with van der Waals surface area (Å²) in [5.41, 5.74) is 5.71. The molecule has 0 radical (unpaired) electrons. The number of pyridine rings is 1. The van der Waals surface area contributed by atoms with Gasteiger partial charge < -0.3 is 10.1 Å². The van der Waals surface area contributed by atoms with Crippen molar-refractivity contribution in [2.45, 2.75) is 20.8 Å². The minimum absolute atomic E-state index is 0. The minimum atomic E-state index is 0. The van der Waals surface area contributed by atoms with Gasteiger partial charge in [0.25, 0.3) is 0 Å². The van der Waals surface area contributed by atoms with E-state index in [1.807, 2.05) is 24.3 Å². The van der Waals surface area contributed by atoms with Crippen LogP contribution in [0.4, 0.5) is 11.5 Å². The number of fused-ring (bicyclic) bond motifs is 1. The first kappa shape index (κ1) is 17.1. The van der Waals surface area contributed by atoms with Crippen LogP contribution in [0.1, 0.15) is 16.7 Å². The fraction of sp³-hybridized carbons (Fsp3) is 0.211. The maximum atomic E-state index is 5.26. The smallest absolute Gasteiger partial charge is 0.131 e. The van der Waals surface area contributed by atoms with E-state index in [1.54, 1.807) is 7.11 Å². The summed E-state index contributed by atoms with van der Waals surface area (Å²) in [6.45, 7) is 6.35. The number of hydrogen-bond acceptors (Lipinski definition) is 3. The van der Waals surface area contributed by atoms with Gasteiger partial charge in [0.15, 0.2) is 0 Å². The molecule has 3 rings (SSSR count). The van der Waals surface area contributed by atoms with Gasteiger partial charge in [0.1, 0.15) is 11.6 Å². The van der Waals surface area contributed by atoms with Gasteiger partial charge in [-0.15, -0.1) is 12.4 Å². The Kier molecular flexibility index (Phi) is 5.12. The Bertz CT molecular complexity index is 846. The number of nitrogens with zero attached hydrogens (tertiary/aromatic N) is 1. The second-order valence-electron chi connectivity index (χ2n) is 5.66. The van der Waals surface area contributed by atoms with Crippen molar-refractivity contribution >= 4 is 34.8 Å². The van der Waals surface area contributed by atoms with Crippen LogP contribution >= 0.6 is 12.4 Å². The largest absolute Gasteiger partial charge is 0.497 e. The van der Waals surface area contributed by atoms with Crippen LogP contribution in [0.5, 0.6) is 5.75 Å². The second kappa shape index (κ2) is 6.88. The third kappa shape index (κ3) is 3.57. The van der Waals surface area contributed by atoms with E-state index in [2.05, 4.69) is 44.3 Å². The number of aromatic nitrogens is 1. The molecule has 23 heavy (non-hydrogen) atoms. The van der Waals surface area contributed by atoms with Gasteiger partial charge in [-0.3, -0.25) is 0 Å². The number of ether oxygens (including phenoxy) is 1. The highest BCUT2D eigenvalue weighted by Crippen LogP contribution is 2.27. The van der Waals surface area contributed by atoms with E-state index in [1.165, 1.54) is 22.1 Å². The van der Waals surface area contributed by atoms with Crippen LogP contribution in [-0.2, 0) is 0 Å². The summed E-state index contributed by atoms with van der Waals surface area (Å²) in [4.78, 5) is 4.78. The Labute approximate surface area is 143 Å². The number of benzene rings is 2. The Hall–Kier alpha value is -2.26. The minimum Gasteiger partial charge on any atom is -0.497 e. The number of nitrogens with one attached hydrogen (secondary N) is 1. The number of hydrogen-bond donors (Lipinski definition) is 1. The maximum Gasteiger partial charge on any atom is 0.131 e. The van der Waals surface area contributed by atoms with Gasteiger partial charge in [0, 0.05) is 17.1 Å². The molecule has 1 N–H and O–H groups in total. The lowest BCUT2D eigenvalue weighted by Crippen LogP contribution is -1.97. The number of rotatable bonds is 3. The zero-order valence-corrected chi connectivity index (χ0v) is 14.6. The molecule has 4 heteroatoms. The summed E-state index contributed by atoms with van der Waals surface area (Å²) >= 11 is 0. The van der Waals surface area contributed by atoms with Gasteiger partial charge in [-0.05, 0) is 56.2 Å². The Morgan fingerprint density at radius 1 is 0.957 bits per heavy atom. The Balaban J connectivity index is 0.00000192. The van der Waals surface area contributed by atoms with E-state index in [4.69, 9.17) is 9.72 Å². The van der Waals surface area contributed by atoms with Gasteiger partial charge in [-0.25, -0.2) is 4.98 Å². The van der Waals surface area contributed by atoms with E-state index >= 15 is 0 Å². The summed E-state index contributed by atoms with van der Waals surface area (Å²) in [5.74, 6) is 1.68. The molecule has 0 aliphatic rings. The average molecular weight is 329 g/mol. The molecule has 0 bridgehead atoms. The third-order valence-corrected chi connectivity index (χ3v) is 3.80. The quantitative estimate of drug-likeness (QED) is 0.705. The maximum absolute atomic E-state index is 5.26. The van der Waals surface area contributed by atoms with E-state index in [9.17, 15) is 0 Å². The summed E-state index contributed by atoms with van der Waals surface area (Å²) in [7, 11) is 1.67. The molecule has 1 aromatic heterocycles. The van der Waals surface area contributed by atoms with Crippen LogP contribution in [0.25, 0.3) is 10.9 Å².